The Morgan fingerprint density at radius 1 is 1.36 bits per heavy atom. The number of rotatable bonds is 4. The molecule has 0 heterocycles. The summed E-state index contributed by atoms with van der Waals surface area (Å²) < 4.78 is 12.1. The van der Waals surface area contributed by atoms with Crippen molar-refractivity contribution < 1.29 is 29.9 Å². The third-order valence-electron chi connectivity index (χ3n) is 1.08. The van der Waals surface area contributed by atoms with Gasteiger partial charge in [-0.15, -0.1) is 0 Å². The minimum Gasteiger partial charge on any atom is -0.547 e. The van der Waals surface area contributed by atoms with Gasteiger partial charge in [-0.25, -0.2) is 4.39 Å². The second-order valence-electron chi connectivity index (χ2n) is 2.04. The van der Waals surface area contributed by atoms with E-state index in [4.69, 9.17) is 0 Å². The van der Waals surface area contributed by atoms with Gasteiger partial charge in [-0.1, -0.05) is 0 Å². The van der Waals surface area contributed by atoms with Gasteiger partial charge >= 0.3 is 0 Å². The Bertz CT molecular complexity index is 154. The van der Waals surface area contributed by atoms with E-state index in [1.54, 1.807) is 0 Å². The molecule has 64 valence electrons. The Morgan fingerprint density at radius 2 is 1.82 bits per heavy atom. The maximum atomic E-state index is 12.1. The highest BCUT2D eigenvalue weighted by molar-refractivity contribution is 5.73. The van der Waals surface area contributed by atoms with E-state index in [1.807, 2.05) is 0 Å². The zero-order valence-electron chi connectivity index (χ0n) is 5.58. The van der Waals surface area contributed by atoms with E-state index in [1.165, 1.54) is 0 Å². The molecule has 0 aromatic carbocycles. The molecule has 0 rings (SSSR count). The molecule has 0 saturated carbocycles. The number of halogens is 1. The second kappa shape index (κ2) is 3.87. The number of quaternary nitrogens is 1. The van der Waals surface area contributed by atoms with Crippen LogP contribution in [-0.4, -0.2) is 24.2 Å². The summed E-state index contributed by atoms with van der Waals surface area (Å²) in [5.41, 5.74) is 2.97. The van der Waals surface area contributed by atoms with Gasteiger partial charge in [0.25, 0.3) is 0 Å². The lowest BCUT2D eigenvalue weighted by atomic mass is 10.1. The topological polar surface area (TPSA) is 108 Å². The van der Waals surface area contributed by atoms with Gasteiger partial charge in [-0.3, -0.25) is 0 Å². The van der Waals surface area contributed by atoms with Gasteiger partial charge in [-0.05, 0) is 0 Å². The van der Waals surface area contributed by atoms with Crippen LogP contribution in [0, 0.1) is 0 Å². The van der Waals surface area contributed by atoms with Gasteiger partial charge in [0.2, 0.25) is 0 Å². The highest BCUT2D eigenvalue weighted by Gasteiger charge is 2.16. The van der Waals surface area contributed by atoms with Crippen LogP contribution in [0.1, 0.15) is 6.42 Å². The first-order chi connectivity index (χ1) is 4.95. The minimum atomic E-state index is -2.30. The van der Waals surface area contributed by atoms with Gasteiger partial charge in [0, 0.05) is 6.42 Å². The quantitative estimate of drug-likeness (QED) is 0.454. The second-order valence-corrected chi connectivity index (χ2v) is 2.04. The van der Waals surface area contributed by atoms with Gasteiger partial charge in [-0.2, -0.15) is 0 Å². The highest BCUT2D eigenvalue weighted by atomic mass is 19.1. The van der Waals surface area contributed by atoms with Crippen molar-refractivity contribution in [2.24, 2.45) is 0 Å². The molecule has 5 nitrogen and oxygen atoms in total. The van der Waals surface area contributed by atoms with E-state index in [2.05, 4.69) is 5.73 Å². The number of hydrogen-bond donors (Lipinski definition) is 1. The Hall–Kier alpha value is -1.17. The number of carboxylic acids is 2. The standard InChI is InChI=1S/C5H8FNO4/c6-2(4(8)9)1-3(7)5(10)11/h2-3H,1,7H2,(H,8,9)(H,10,11)/p-1/t2-,3+/m1/s1. The fourth-order valence-corrected chi connectivity index (χ4v) is 0.442. The van der Waals surface area contributed by atoms with Crippen molar-refractivity contribution in [2.45, 2.75) is 18.6 Å². The maximum Gasteiger partial charge on any atom is 0.145 e. The fraction of sp³-hybridized carbons (Fsp3) is 0.600. The normalized spacial score (nSPS) is 15.5. The summed E-state index contributed by atoms with van der Waals surface area (Å²) in [7, 11) is 0. The van der Waals surface area contributed by atoms with E-state index in [9.17, 15) is 24.2 Å². The van der Waals surface area contributed by atoms with Crippen LogP contribution in [0.3, 0.4) is 0 Å². The molecule has 0 radical (unpaired) electrons. The van der Waals surface area contributed by atoms with E-state index in [0.29, 0.717) is 0 Å². The number of hydrogen-bond acceptors (Lipinski definition) is 4. The Morgan fingerprint density at radius 3 is 2.09 bits per heavy atom. The average molecular weight is 164 g/mol. The van der Waals surface area contributed by atoms with E-state index < -0.39 is 30.6 Å². The molecule has 0 spiro atoms. The third-order valence-corrected chi connectivity index (χ3v) is 1.08. The van der Waals surface area contributed by atoms with Crippen molar-refractivity contribution in [2.75, 3.05) is 0 Å². The van der Waals surface area contributed by atoms with Gasteiger partial charge in [0.1, 0.15) is 12.2 Å². The third kappa shape index (κ3) is 3.51. The van der Waals surface area contributed by atoms with Crippen LogP contribution in [0.2, 0.25) is 0 Å². The lowest BCUT2D eigenvalue weighted by molar-refractivity contribution is -0.440. The molecule has 0 aliphatic carbocycles. The molecule has 0 aromatic rings. The zero-order valence-corrected chi connectivity index (χ0v) is 5.58. The molecule has 0 aliphatic rings. The van der Waals surface area contributed by atoms with Crippen LogP contribution in [-0.2, 0) is 9.59 Å². The zero-order chi connectivity index (χ0) is 9.02. The summed E-state index contributed by atoms with van der Waals surface area (Å²) in [5.74, 6) is -3.51. The van der Waals surface area contributed by atoms with E-state index in [0.717, 1.165) is 0 Å². The molecule has 0 unspecified atom stereocenters. The molecular formula is C5H7FNO4-. The van der Waals surface area contributed by atoms with Crippen molar-refractivity contribution in [1.82, 2.24) is 0 Å². The predicted molar refractivity (Wildman–Crippen MR) is 26.2 cm³/mol. The fourth-order valence-electron chi connectivity index (χ4n) is 0.442. The van der Waals surface area contributed by atoms with Crippen LogP contribution in [0.5, 0.6) is 0 Å². The Balaban J connectivity index is 3.84. The summed E-state index contributed by atoms with van der Waals surface area (Å²) in [5, 5.41) is 19.6. The first-order valence-corrected chi connectivity index (χ1v) is 2.84. The van der Waals surface area contributed by atoms with Crippen LogP contribution < -0.4 is 15.9 Å². The van der Waals surface area contributed by atoms with Crippen LogP contribution in [0.4, 0.5) is 4.39 Å². The molecule has 0 fully saturated rings. The number of aliphatic carboxylic acids is 2. The van der Waals surface area contributed by atoms with Gasteiger partial charge in [0.05, 0.1) is 11.9 Å². The SMILES string of the molecule is [NH3+][C@@H](C[C@@H](F)C(=O)[O-])C(=O)[O-]. The molecule has 6 heteroatoms. The van der Waals surface area contributed by atoms with Crippen molar-refractivity contribution in [3.63, 3.8) is 0 Å². The molecule has 2 atom stereocenters. The molecule has 0 aliphatic heterocycles. The molecule has 0 amide bonds. The number of carboxylic acid groups (broad SMARTS) is 2. The number of carbonyl (C=O) groups is 2. The van der Waals surface area contributed by atoms with E-state index in [-0.39, 0.29) is 0 Å². The lowest BCUT2D eigenvalue weighted by Crippen LogP contribution is -2.69. The molecule has 0 bridgehead atoms. The van der Waals surface area contributed by atoms with Crippen molar-refractivity contribution >= 4 is 11.9 Å². The summed E-state index contributed by atoms with van der Waals surface area (Å²) in [6, 6.07) is -1.36. The smallest absolute Gasteiger partial charge is 0.145 e. The maximum absolute atomic E-state index is 12.1. The number of carbonyl (C=O) groups excluding carboxylic acids is 2. The van der Waals surface area contributed by atoms with Gasteiger partial charge < -0.3 is 25.5 Å². The highest BCUT2D eigenvalue weighted by Crippen LogP contribution is 1.97. The minimum absolute atomic E-state index is 0.718. The lowest BCUT2D eigenvalue weighted by Gasteiger charge is -2.12. The first kappa shape index (κ1) is 9.83. The van der Waals surface area contributed by atoms with Crippen LogP contribution >= 0.6 is 0 Å². The largest absolute Gasteiger partial charge is 0.547 e. The van der Waals surface area contributed by atoms with Crippen molar-refractivity contribution in [1.29, 1.82) is 0 Å². The predicted octanol–water partition coefficient (Wildman–Crippen LogP) is -4.18. The van der Waals surface area contributed by atoms with Crippen LogP contribution in [0.15, 0.2) is 0 Å². The average Bonchev–Trinajstić information content (AvgIpc) is 1.87. The van der Waals surface area contributed by atoms with Crippen LogP contribution in [0.25, 0.3) is 0 Å². The van der Waals surface area contributed by atoms with Gasteiger partial charge in [0.15, 0.2) is 0 Å². The summed E-state index contributed by atoms with van der Waals surface area (Å²) in [6.45, 7) is 0. The summed E-state index contributed by atoms with van der Waals surface area (Å²) >= 11 is 0. The molecule has 11 heavy (non-hydrogen) atoms. The molecule has 0 saturated heterocycles. The first-order valence-electron chi connectivity index (χ1n) is 2.84. The summed E-state index contributed by atoms with van der Waals surface area (Å²) in [4.78, 5) is 19.6. The van der Waals surface area contributed by atoms with Crippen molar-refractivity contribution in [3.8, 4) is 0 Å². The molecular weight excluding hydrogens is 157 g/mol. The van der Waals surface area contributed by atoms with E-state index >= 15 is 0 Å². The number of alkyl halides is 1. The molecule has 3 N–H and O–H groups in total. The Kier molecular flexibility index (Phi) is 3.46. The monoisotopic (exact) mass is 164 g/mol. The van der Waals surface area contributed by atoms with Crippen molar-refractivity contribution in [3.05, 3.63) is 0 Å². The Labute approximate surface area is 61.6 Å². The molecule has 0 aromatic heterocycles. The summed E-state index contributed by atoms with van der Waals surface area (Å²) in [6.07, 6.45) is -3.01.